The Hall–Kier alpha value is -1.80. The normalized spacial score (nSPS) is 44.1. The van der Waals surface area contributed by atoms with Crippen molar-refractivity contribution in [2.24, 2.45) is 56.7 Å². The van der Waals surface area contributed by atoms with Crippen LogP contribution in [-0.2, 0) is 14.3 Å². The van der Waals surface area contributed by atoms with E-state index in [0.717, 1.165) is 57.8 Å². The second-order valence-corrected chi connectivity index (χ2v) is 19.3. The number of amides is 1. The zero-order chi connectivity index (χ0) is 34.8. The summed E-state index contributed by atoms with van der Waals surface area (Å²) in [4.78, 5) is 26.0. The summed E-state index contributed by atoms with van der Waals surface area (Å²) in [5.74, 6) is 5.47. The van der Waals surface area contributed by atoms with Crippen LogP contribution in [0.2, 0.25) is 0 Å². The quantitative estimate of drug-likeness (QED) is 0.155. The smallest absolute Gasteiger partial charge is 0.305 e. The molecule has 0 aromatic heterocycles. The Bertz CT molecular complexity index is 1310. The Morgan fingerprint density at radius 2 is 1.58 bits per heavy atom. The number of rotatable bonds is 8. The molecule has 0 aromatic carbocycles. The first-order chi connectivity index (χ1) is 22.6. The summed E-state index contributed by atoms with van der Waals surface area (Å²) in [6, 6.07) is 0. The number of aliphatic hydroxyl groups is 1. The molecule has 0 radical (unpaired) electrons. The molecule has 1 amide bonds. The molecule has 2 N–H and O–H groups in total. The van der Waals surface area contributed by atoms with Crippen molar-refractivity contribution >= 4 is 11.9 Å². The van der Waals surface area contributed by atoms with Gasteiger partial charge in [0.05, 0.1) is 12.7 Å². The van der Waals surface area contributed by atoms with E-state index in [0.29, 0.717) is 49.0 Å². The lowest BCUT2D eigenvalue weighted by atomic mass is 9.32. The number of nitrogens with one attached hydrogen (secondary N) is 1. The van der Waals surface area contributed by atoms with Crippen LogP contribution in [0.1, 0.15) is 157 Å². The van der Waals surface area contributed by atoms with E-state index in [9.17, 15) is 14.7 Å². The molecular formula is C43H67NO4. The third kappa shape index (κ3) is 5.62. The second-order valence-electron chi connectivity index (χ2n) is 19.3. The van der Waals surface area contributed by atoms with Crippen LogP contribution in [0.15, 0.2) is 12.2 Å². The van der Waals surface area contributed by atoms with Crippen molar-refractivity contribution in [1.29, 1.82) is 0 Å². The fourth-order valence-electron chi connectivity index (χ4n) is 14.0. The Morgan fingerprint density at radius 3 is 2.27 bits per heavy atom. The standard InChI is InChI=1S/C43H67NO4/c1-9-43(21-11-10-12-22-43)44-35(46)14-13-15-36(47)48-28-42-25-18-30(29(2)3)37(42)31-16-17-33-39(6)23-20-34(45)38(4,5)32(39)19-24-41(33,8)40(31,7)26-27-42/h1,30-34,37,45H,2,10-28H2,3-8H3,(H,44,46)/t30-,31+,32-,33+,34-,37+,39-,40+,41+,42+/m0/s1. The third-order valence-electron chi connectivity index (χ3n) is 16.9. The van der Waals surface area contributed by atoms with Gasteiger partial charge in [-0.2, -0.15) is 0 Å². The van der Waals surface area contributed by atoms with Crippen molar-refractivity contribution < 1.29 is 19.4 Å². The topological polar surface area (TPSA) is 75.6 Å². The third-order valence-corrected chi connectivity index (χ3v) is 16.9. The molecule has 0 aromatic rings. The van der Waals surface area contributed by atoms with Gasteiger partial charge in [-0.3, -0.25) is 9.59 Å². The second kappa shape index (κ2) is 12.8. The number of hydrogen-bond acceptors (Lipinski definition) is 4. The number of carbonyl (C=O) groups is 2. The predicted octanol–water partition coefficient (Wildman–Crippen LogP) is 9.17. The highest BCUT2D eigenvalue weighted by Crippen LogP contribution is 2.77. The molecule has 6 fully saturated rings. The van der Waals surface area contributed by atoms with Gasteiger partial charge in [-0.15, -0.1) is 6.42 Å². The lowest BCUT2D eigenvalue weighted by Crippen LogP contribution is -2.66. The highest BCUT2D eigenvalue weighted by Gasteiger charge is 2.71. The van der Waals surface area contributed by atoms with E-state index in [4.69, 9.17) is 11.2 Å². The fraction of sp³-hybridized carbons (Fsp3) is 0.860. The van der Waals surface area contributed by atoms with E-state index in [-0.39, 0.29) is 51.5 Å². The SMILES string of the molecule is C#CC1(NC(=O)CCCC(=O)OC[C@]23CC[C@@H](C(=C)C)[C@@H]2[C@H]2CC[C@@H]4[C@@]5(C)CC[C@H](O)C(C)(C)[C@@H]5CC[C@@]4(C)[C@]2(C)CC3)CCCCC1. The van der Waals surface area contributed by atoms with Crippen LogP contribution >= 0.6 is 0 Å². The maximum absolute atomic E-state index is 13.2. The molecule has 6 rings (SSSR count). The van der Waals surface area contributed by atoms with E-state index < -0.39 is 5.54 Å². The molecule has 6 aliphatic rings. The molecule has 268 valence electrons. The van der Waals surface area contributed by atoms with E-state index in [1.54, 1.807) is 0 Å². The highest BCUT2D eigenvalue weighted by atomic mass is 16.5. The van der Waals surface area contributed by atoms with Crippen molar-refractivity contribution in [2.75, 3.05) is 6.61 Å². The first-order valence-corrected chi connectivity index (χ1v) is 19.9. The number of terminal acetylenes is 1. The van der Waals surface area contributed by atoms with Crippen LogP contribution in [0.3, 0.4) is 0 Å². The lowest BCUT2D eigenvalue weighted by Gasteiger charge is -2.73. The molecule has 10 atom stereocenters. The van der Waals surface area contributed by atoms with Crippen LogP contribution in [0.25, 0.3) is 0 Å². The van der Waals surface area contributed by atoms with Crippen LogP contribution in [0.4, 0.5) is 0 Å². The number of ether oxygens (including phenoxy) is 1. The number of esters is 1. The molecule has 0 saturated heterocycles. The van der Waals surface area contributed by atoms with Gasteiger partial charge in [0.1, 0.15) is 5.54 Å². The first-order valence-electron chi connectivity index (χ1n) is 19.9. The number of aliphatic hydroxyl groups excluding tert-OH is 1. The van der Waals surface area contributed by atoms with E-state index >= 15 is 0 Å². The minimum atomic E-state index is -0.509. The van der Waals surface area contributed by atoms with Crippen LogP contribution in [0, 0.1) is 69.0 Å². The minimum absolute atomic E-state index is 0.0161. The monoisotopic (exact) mass is 662 g/mol. The Labute approximate surface area is 292 Å². The van der Waals surface area contributed by atoms with Crippen LogP contribution < -0.4 is 5.32 Å². The van der Waals surface area contributed by atoms with Gasteiger partial charge >= 0.3 is 5.97 Å². The Balaban J connectivity index is 1.13. The summed E-state index contributed by atoms with van der Waals surface area (Å²) in [5.41, 5.74) is 1.55. The summed E-state index contributed by atoms with van der Waals surface area (Å²) in [7, 11) is 0. The minimum Gasteiger partial charge on any atom is -0.465 e. The van der Waals surface area contributed by atoms with Crippen molar-refractivity contribution in [3.05, 3.63) is 12.2 Å². The van der Waals surface area contributed by atoms with Gasteiger partial charge in [-0.25, -0.2) is 0 Å². The van der Waals surface area contributed by atoms with Gasteiger partial charge in [0, 0.05) is 18.3 Å². The van der Waals surface area contributed by atoms with Gasteiger partial charge in [-0.1, -0.05) is 72.0 Å². The zero-order valence-electron chi connectivity index (χ0n) is 31.4. The maximum Gasteiger partial charge on any atom is 0.305 e. The van der Waals surface area contributed by atoms with E-state index in [2.05, 4.69) is 59.4 Å². The number of fused-ring (bicyclic) bond motifs is 7. The van der Waals surface area contributed by atoms with Crippen LogP contribution in [-0.4, -0.2) is 35.2 Å². The average Bonchev–Trinajstić information content (AvgIpc) is 3.43. The van der Waals surface area contributed by atoms with Crippen LogP contribution in [0.5, 0.6) is 0 Å². The van der Waals surface area contributed by atoms with Gasteiger partial charge in [0.2, 0.25) is 5.91 Å². The van der Waals surface area contributed by atoms with Gasteiger partial charge < -0.3 is 15.2 Å². The molecule has 5 heteroatoms. The van der Waals surface area contributed by atoms with Crippen molar-refractivity contribution in [1.82, 2.24) is 5.32 Å². The number of hydrogen-bond donors (Lipinski definition) is 2. The fourth-order valence-corrected chi connectivity index (χ4v) is 14.0. The number of allylic oxidation sites excluding steroid dienone is 1. The highest BCUT2D eigenvalue weighted by molar-refractivity contribution is 5.78. The summed E-state index contributed by atoms with van der Waals surface area (Å²) < 4.78 is 6.19. The molecule has 6 aliphatic carbocycles. The molecule has 0 unspecified atom stereocenters. The molecule has 0 bridgehead atoms. The van der Waals surface area contributed by atoms with E-state index in [1.165, 1.54) is 44.1 Å². The predicted molar refractivity (Wildman–Crippen MR) is 193 cm³/mol. The molecule has 0 heterocycles. The van der Waals surface area contributed by atoms with E-state index in [1.807, 2.05) is 0 Å². The summed E-state index contributed by atoms with van der Waals surface area (Å²) >= 11 is 0. The van der Waals surface area contributed by atoms with Crippen molar-refractivity contribution in [2.45, 2.75) is 169 Å². The van der Waals surface area contributed by atoms with Gasteiger partial charge in [0.25, 0.3) is 0 Å². The molecule has 5 nitrogen and oxygen atoms in total. The molecule has 48 heavy (non-hydrogen) atoms. The zero-order valence-corrected chi connectivity index (χ0v) is 31.4. The summed E-state index contributed by atoms with van der Waals surface area (Å²) in [5, 5.41) is 14.2. The van der Waals surface area contributed by atoms with Gasteiger partial charge in [0.15, 0.2) is 0 Å². The number of carbonyl (C=O) groups excluding carboxylic acids is 2. The van der Waals surface area contributed by atoms with Crippen molar-refractivity contribution in [3.63, 3.8) is 0 Å². The first kappa shape index (κ1) is 36.0. The van der Waals surface area contributed by atoms with Gasteiger partial charge in [-0.05, 0) is 142 Å². The lowest BCUT2D eigenvalue weighted by molar-refractivity contribution is -0.250. The maximum atomic E-state index is 13.2. The summed E-state index contributed by atoms with van der Waals surface area (Å²) in [6.45, 7) is 19.9. The molecule has 0 aliphatic heterocycles. The largest absolute Gasteiger partial charge is 0.465 e. The summed E-state index contributed by atoms with van der Waals surface area (Å²) in [6.07, 6.45) is 23.3. The molecule has 6 saturated carbocycles. The Kier molecular flexibility index (Phi) is 9.57. The molecule has 0 spiro atoms. The Morgan fingerprint density at radius 1 is 0.854 bits per heavy atom. The average molecular weight is 662 g/mol. The molecular weight excluding hydrogens is 594 g/mol. The van der Waals surface area contributed by atoms with Crippen molar-refractivity contribution in [3.8, 4) is 12.3 Å².